The largest absolute Gasteiger partial charge is 0.446 e. The Morgan fingerprint density at radius 1 is 1.17 bits per heavy atom. The standard InChI is InChI=1S/C16H21FN2O4/c1-9(19-15(22)16(2,3)4)14(21)23-12(13(18)20)10-5-7-11(17)8-6-10/h5-9,12H,1-4H3,(H2,18,20)(H,19,22)/t9-,12-/m0/s1. The van der Waals surface area contributed by atoms with Crippen molar-refractivity contribution in [2.45, 2.75) is 39.8 Å². The van der Waals surface area contributed by atoms with Crippen LogP contribution in [0, 0.1) is 11.2 Å². The van der Waals surface area contributed by atoms with Gasteiger partial charge in [-0.25, -0.2) is 9.18 Å². The summed E-state index contributed by atoms with van der Waals surface area (Å²) in [5.41, 5.74) is 4.81. The molecule has 23 heavy (non-hydrogen) atoms. The zero-order chi connectivity index (χ0) is 17.8. The molecule has 0 aliphatic heterocycles. The van der Waals surface area contributed by atoms with Crippen LogP contribution < -0.4 is 11.1 Å². The van der Waals surface area contributed by atoms with Gasteiger partial charge in [0.15, 0.2) is 0 Å². The number of hydrogen-bond acceptors (Lipinski definition) is 4. The zero-order valence-corrected chi connectivity index (χ0v) is 13.6. The molecule has 3 N–H and O–H groups in total. The number of nitrogens with one attached hydrogen (secondary N) is 1. The number of rotatable bonds is 5. The summed E-state index contributed by atoms with van der Waals surface area (Å²) in [6, 6.07) is 3.91. The molecule has 2 atom stereocenters. The van der Waals surface area contributed by atoms with Gasteiger partial charge < -0.3 is 15.8 Å². The number of carbonyl (C=O) groups excluding carboxylic acids is 3. The molecule has 0 aliphatic rings. The van der Waals surface area contributed by atoms with Gasteiger partial charge in [0.2, 0.25) is 12.0 Å². The van der Waals surface area contributed by atoms with Crippen LogP contribution in [0.1, 0.15) is 39.4 Å². The van der Waals surface area contributed by atoms with E-state index in [1.54, 1.807) is 20.8 Å². The third-order valence-corrected chi connectivity index (χ3v) is 3.05. The Labute approximate surface area is 134 Å². The van der Waals surface area contributed by atoms with Crippen molar-refractivity contribution >= 4 is 17.8 Å². The first-order valence-corrected chi connectivity index (χ1v) is 7.08. The van der Waals surface area contributed by atoms with Crippen molar-refractivity contribution in [1.82, 2.24) is 5.32 Å². The molecule has 0 aromatic heterocycles. The van der Waals surface area contributed by atoms with Gasteiger partial charge in [0.25, 0.3) is 5.91 Å². The lowest BCUT2D eigenvalue weighted by atomic mass is 9.95. The number of ether oxygens (including phenoxy) is 1. The van der Waals surface area contributed by atoms with Crippen LogP contribution in [0.3, 0.4) is 0 Å². The number of amides is 2. The second-order valence-electron chi connectivity index (χ2n) is 6.22. The van der Waals surface area contributed by atoms with E-state index in [0.717, 1.165) is 12.1 Å². The predicted octanol–water partition coefficient (Wildman–Crippen LogP) is 1.45. The number of esters is 1. The highest BCUT2D eigenvalue weighted by molar-refractivity contribution is 5.89. The molecule has 2 amide bonds. The summed E-state index contributed by atoms with van der Waals surface area (Å²) in [5.74, 6) is -2.52. The normalized spacial score (nSPS) is 13.8. The van der Waals surface area contributed by atoms with E-state index < -0.39 is 35.3 Å². The molecule has 0 unspecified atom stereocenters. The highest BCUT2D eigenvalue weighted by Crippen LogP contribution is 2.19. The average molecular weight is 324 g/mol. The second kappa shape index (κ2) is 7.21. The van der Waals surface area contributed by atoms with E-state index in [9.17, 15) is 18.8 Å². The Balaban J connectivity index is 2.80. The molecule has 1 aromatic rings. The molecule has 0 spiro atoms. The molecule has 6 nitrogen and oxygen atoms in total. The Kier molecular flexibility index (Phi) is 5.84. The maximum atomic E-state index is 12.9. The number of nitrogens with two attached hydrogens (primary N) is 1. The lowest BCUT2D eigenvalue weighted by Crippen LogP contribution is -2.45. The maximum Gasteiger partial charge on any atom is 0.329 e. The Bertz CT molecular complexity index is 593. The first kappa shape index (κ1) is 18.6. The summed E-state index contributed by atoms with van der Waals surface area (Å²) in [4.78, 5) is 35.4. The van der Waals surface area contributed by atoms with E-state index in [4.69, 9.17) is 10.5 Å². The third kappa shape index (κ3) is 5.36. The Morgan fingerprint density at radius 3 is 2.13 bits per heavy atom. The molecule has 126 valence electrons. The lowest BCUT2D eigenvalue weighted by molar-refractivity contribution is -0.158. The van der Waals surface area contributed by atoms with E-state index in [0.29, 0.717) is 0 Å². The quantitative estimate of drug-likeness (QED) is 0.801. The van der Waals surface area contributed by atoms with Crippen LogP contribution in [0.25, 0.3) is 0 Å². The average Bonchev–Trinajstić information content (AvgIpc) is 2.44. The Hall–Kier alpha value is -2.44. The molecular weight excluding hydrogens is 303 g/mol. The first-order valence-electron chi connectivity index (χ1n) is 7.08. The predicted molar refractivity (Wildman–Crippen MR) is 81.5 cm³/mol. The molecule has 0 saturated carbocycles. The fourth-order valence-electron chi connectivity index (χ4n) is 1.62. The molecule has 0 bridgehead atoms. The van der Waals surface area contributed by atoms with E-state index in [1.807, 2.05) is 0 Å². The van der Waals surface area contributed by atoms with Crippen LogP contribution in [-0.4, -0.2) is 23.8 Å². The van der Waals surface area contributed by atoms with Crippen molar-refractivity contribution in [3.05, 3.63) is 35.6 Å². The van der Waals surface area contributed by atoms with E-state index in [-0.39, 0.29) is 11.5 Å². The molecule has 1 aromatic carbocycles. The highest BCUT2D eigenvalue weighted by Gasteiger charge is 2.29. The van der Waals surface area contributed by atoms with Crippen LogP contribution in [-0.2, 0) is 19.1 Å². The van der Waals surface area contributed by atoms with Gasteiger partial charge in [-0.2, -0.15) is 0 Å². The Morgan fingerprint density at radius 2 is 1.70 bits per heavy atom. The second-order valence-corrected chi connectivity index (χ2v) is 6.22. The van der Waals surface area contributed by atoms with Crippen LogP contribution in [0.4, 0.5) is 4.39 Å². The van der Waals surface area contributed by atoms with Crippen molar-refractivity contribution < 1.29 is 23.5 Å². The van der Waals surface area contributed by atoms with Gasteiger partial charge in [-0.15, -0.1) is 0 Å². The molecule has 0 heterocycles. The topological polar surface area (TPSA) is 98.5 Å². The summed E-state index contributed by atoms with van der Waals surface area (Å²) >= 11 is 0. The van der Waals surface area contributed by atoms with Gasteiger partial charge in [-0.3, -0.25) is 9.59 Å². The minimum atomic E-state index is -1.35. The summed E-state index contributed by atoms with van der Waals surface area (Å²) < 4.78 is 18.0. The van der Waals surface area contributed by atoms with Gasteiger partial charge in [0.05, 0.1) is 0 Å². The smallest absolute Gasteiger partial charge is 0.329 e. The summed E-state index contributed by atoms with van der Waals surface area (Å²) in [6.07, 6.45) is -1.35. The van der Waals surface area contributed by atoms with Crippen molar-refractivity contribution in [3.63, 3.8) is 0 Å². The van der Waals surface area contributed by atoms with Gasteiger partial charge in [-0.05, 0) is 19.1 Å². The van der Waals surface area contributed by atoms with Crippen LogP contribution >= 0.6 is 0 Å². The van der Waals surface area contributed by atoms with E-state index >= 15 is 0 Å². The SMILES string of the molecule is C[C@H](NC(=O)C(C)(C)C)C(=O)O[C@H](C(N)=O)c1ccc(F)cc1. The maximum absolute atomic E-state index is 12.9. The van der Waals surface area contributed by atoms with Crippen molar-refractivity contribution in [2.24, 2.45) is 11.1 Å². The molecule has 1 rings (SSSR count). The third-order valence-electron chi connectivity index (χ3n) is 3.05. The molecule has 0 radical (unpaired) electrons. The zero-order valence-electron chi connectivity index (χ0n) is 13.6. The van der Waals surface area contributed by atoms with Gasteiger partial charge in [-0.1, -0.05) is 32.9 Å². The molecule has 0 fully saturated rings. The molecular formula is C16H21FN2O4. The van der Waals surface area contributed by atoms with Crippen LogP contribution in [0.2, 0.25) is 0 Å². The fourth-order valence-corrected chi connectivity index (χ4v) is 1.62. The number of carbonyl (C=O) groups is 3. The van der Waals surface area contributed by atoms with Gasteiger partial charge in [0.1, 0.15) is 11.9 Å². The number of halogens is 1. The van der Waals surface area contributed by atoms with Gasteiger partial charge >= 0.3 is 5.97 Å². The number of hydrogen-bond donors (Lipinski definition) is 2. The van der Waals surface area contributed by atoms with Gasteiger partial charge in [0, 0.05) is 11.0 Å². The fraction of sp³-hybridized carbons (Fsp3) is 0.438. The van der Waals surface area contributed by atoms with E-state index in [1.165, 1.54) is 19.1 Å². The summed E-state index contributed by atoms with van der Waals surface area (Å²) in [5, 5.41) is 2.50. The van der Waals surface area contributed by atoms with Crippen molar-refractivity contribution in [2.75, 3.05) is 0 Å². The monoisotopic (exact) mass is 324 g/mol. The van der Waals surface area contributed by atoms with E-state index in [2.05, 4.69) is 5.32 Å². The minimum Gasteiger partial charge on any atom is -0.446 e. The highest BCUT2D eigenvalue weighted by atomic mass is 19.1. The van der Waals surface area contributed by atoms with Crippen molar-refractivity contribution in [1.29, 1.82) is 0 Å². The number of benzene rings is 1. The number of primary amides is 1. The lowest BCUT2D eigenvalue weighted by Gasteiger charge is -2.22. The summed E-state index contributed by atoms with van der Waals surface area (Å²) in [6.45, 7) is 6.54. The summed E-state index contributed by atoms with van der Waals surface area (Å²) in [7, 11) is 0. The molecule has 0 aliphatic carbocycles. The van der Waals surface area contributed by atoms with Crippen LogP contribution in [0.15, 0.2) is 24.3 Å². The first-order chi connectivity index (χ1) is 10.5. The molecule has 0 saturated heterocycles. The minimum absolute atomic E-state index is 0.251. The van der Waals surface area contributed by atoms with Crippen molar-refractivity contribution in [3.8, 4) is 0 Å². The molecule has 7 heteroatoms. The van der Waals surface area contributed by atoms with Crippen LogP contribution in [0.5, 0.6) is 0 Å².